The summed E-state index contributed by atoms with van der Waals surface area (Å²) in [6, 6.07) is 8.06. The molecule has 0 saturated carbocycles. The number of ether oxygens (including phenoxy) is 1. The highest BCUT2D eigenvalue weighted by atomic mass is 16.6. The zero-order valence-electron chi connectivity index (χ0n) is 15.1. The number of amides is 2. The molecule has 1 aromatic rings. The maximum atomic E-state index is 12.2. The number of aryl methyl sites for hydroxylation is 1. The van der Waals surface area contributed by atoms with Crippen LogP contribution in [0.5, 0.6) is 0 Å². The predicted molar refractivity (Wildman–Crippen MR) is 93.9 cm³/mol. The highest BCUT2D eigenvalue weighted by molar-refractivity contribution is 5.79. The Morgan fingerprint density at radius 3 is 2.42 bits per heavy atom. The van der Waals surface area contributed by atoms with Gasteiger partial charge in [-0.2, -0.15) is 0 Å². The first-order valence-corrected chi connectivity index (χ1v) is 8.56. The van der Waals surface area contributed by atoms with Gasteiger partial charge in [0.2, 0.25) is 5.91 Å². The van der Waals surface area contributed by atoms with E-state index in [4.69, 9.17) is 4.74 Å². The molecule has 1 aliphatic heterocycles. The number of rotatable bonds is 3. The van der Waals surface area contributed by atoms with Crippen LogP contribution in [0, 0.1) is 6.92 Å². The molecule has 0 unspecified atom stereocenters. The van der Waals surface area contributed by atoms with Crippen molar-refractivity contribution in [2.45, 2.75) is 58.6 Å². The summed E-state index contributed by atoms with van der Waals surface area (Å²) < 4.78 is 5.39. The van der Waals surface area contributed by atoms with Crippen molar-refractivity contribution in [3.63, 3.8) is 0 Å². The number of hydrogen-bond acceptors (Lipinski definition) is 3. The maximum absolute atomic E-state index is 12.2. The van der Waals surface area contributed by atoms with E-state index in [1.165, 1.54) is 0 Å². The molecule has 24 heavy (non-hydrogen) atoms. The normalized spacial score (nSPS) is 15.9. The zero-order chi connectivity index (χ0) is 17.7. The van der Waals surface area contributed by atoms with E-state index in [2.05, 4.69) is 5.32 Å². The van der Waals surface area contributed by atoms with Crippen LogP contribution in [0.2, 0.25) is 0 Å². The number of benzene rings is 1. The van der Waals surface area contributed by atoms with E-state index in [0.717, 1.165) is 24.0 Å². The first kappa shape index (κ1) is 18.3. The third-order valence-electron chi connectivity index (χ3n) is 4.12. The highest BCUT2D eigenvalue weighted by Gasteiger charge is 2.27. The molecule has 1 N–H and O–H groups in total. The smallest absolute Gasteiger partial charge is 0.410 e. The molecule has 1 aliphatic rings. The summed E-state index contributed by atoms with van der Waals surface area (Å²) in [6.45, 7) is 8.84. The molecule has 0 bridgehead atoms. The minimum absolute atomic E-state index is 0.0417. The van der Waals surface area contributed by atoms with Gasteiger partial charge in [-0.05, 0) is 51.7 Å². The van der Waals surface area contributed by atoms with Crippen LogP contribution < -0.4 is 5.32 Å². The van der Waals surface area contributed by atoms with E-state index in [1.807, 2.05) is 52.0 Å². The minimum atomic E-state index is -0.476. The molecule has 5 heteroatoms. The van der Waals surface area contributed by atoms with Gasteiger partial charge in [0, 0.05) is 19.1 Å². The van der Waals surface area contributed by atoms with Gasteiger partial charge in [0.25, 0.3) is 0 Å². The van der Waals surface area contributed by atoms with Crippen LogP contribution in [0.3, 0.4) is 0 Å². The van der Waals surface area contributed by atoms with Crippen LogP contribution in [0.1, 0.15) is 44.7 Å². The number of piperidine rings is 1. The average molecular weight is 332 g/mol. The van der Waals surface area contributed by atoms with Crippen molar-refractivity contribution in [2.24, 2.45) is 0 Å². The van der Waals surface area contributed by atoms with Crippen LogP contribution >= 0.6 is 0 Å². The Balaban J connectivity index is 1.77. The van der Waals surface area contributed by atoms with Gasteiger partial charge in [-0.3, -0.25) is 4.79 Å². The van der Waals surface area contributed by atoms with Crippen molar-refractivity contribution in [1.29, 1.82) is 0 Å². The van der Waals surface area contributed by atoms with Gasteiger partial charge in [-0.15, -0.1) is 0 Å². The lowest BCUT2D eigenvalue weighted by Crippen LogP contribution is -2.48. The standard InChI is InChI=1S/C19H28N2O3/c1-14-7-5-6-8-15(14)13-17(22)20-16-9-11-21(12-10-16)18(23)24-19(2,3)4/h5-8,16H,9-13H2,1-4H3,(H,20,22). The summed E-state index contributed by atoms with van der Waals surface area (Å²) in [4.78, 5) is 26.0. The summed E-state index contributed by atoms with van der Waals surface area (Å²) >= 11 is 0. The third kappa shape index (κ3) is 5.55. The summed E-state index contributed by atoms with van der Waals surface area (Å²) in [7, 11) is 0. The van der Waals surface area contributed by atoms with Gasteiger partial charge in [-0.25, -0.2) is 4.79 Å². The summed E-state index contributed by atoms with van der Waals surface area (Å²) in [6.07, 6.45) is 1.66. The molecule has 1 fully saturated rings. The van der Waals surface area contributed by atoms with E-state index < -0.39 is 5.60 Å². The molecule has 1 aromatic carbocycles. The van der Waals surface area contributed by atoms with Crippen molar-refractivity contribution in [1.82, 2.24) is 10.2 Å². The van der Waals surface area contributed by atoms with Crippen LogP contribution in [0.4, 0.5) is 4.79 Å². The van der Waals surface area contributed by atoms with E-state index in [-0.39, 0.29) is 18.0 Å². The molecule has 2 rings (SSSR count). The molecular formula is C19H28N2O3. The monoisotopic (exact) mass is 332 g/mol. The second-order valence-corrected chi connectivity index (χ2v) is 7.41. The minimum Gasteiger partial charge on any atom is -0.444 e. The lowest BCUT2D eigenvalue weighted by molar-refractivity contribution is -0.121. The maximum Gasteiger partial charge on any atom is 0.410 e. The largest absolute Gasteiger partial charge is 0.444 e. The fraction of sp³-hybridized carbons (Fsp3) is 0.579. The lowest BCUT2D eigenvalue weighted by atomic mass is 10.0. The Morgan fingerprint density at radius 2 is 1.83 bits per heavy atom. The zero-order valence-corrected chi connectivity index (χ0v) is 15.1. The first-order valence-electron chi connectivity index (χ1n) is 8.56. The quantitative estimate of drug-likeness (QED) is 0.925. The summed E-state index contributed by atoms with van der Waals surface area (Å²) in [5, 5.41) is 3.08. The number of nitrogens with zero attached hydrogens (tertiary/aromatic N) is 1. The van der Waals surface area contributed by atoms with Crippen molar-refractivity contribution >= 4 is 12.0 Å². The van der Waals surface area contributed by atoms with Gasteiger partial charge >= 0.3 is 6.09 Å². The number of likely N-dealkylation sites (tertiary alicyclic amines) is 1. The summed E-state index contributed by atoms with van der Waals surface area (Å²) in [5.74, 6) is 0.0417. The Hall–Kier alpha value is -2.04. The molecule has 0 radical (unpaired) electrons. The average Bonchev–Trinajstić information content (AvgIpc) is 2.48. The molecule has 1 heterocycles. The predicted octanol–water partition coefficient (Wildman–Crippen LogP) is 3.05. The van der Waals surface area contributed by atoms with Crippen molar-refractivity contribution in [3.8, 4) is 0 Å². The van der Waals surface area contributed by atoms with E-state index >= 15 is 0 Å². The van der Waals surface area contributed by atoms with Gasteiger partial charge in [-0.1, -0.05) is 24.3 Å². The molecule has 1 saturated heterocycles. The van der Waals surface area contributed by atoms with Crippen molar-refractivity contribution < 1.29 is 14.3 Å². The van der Waals surface area contributed by atoms with Crippen LogP contribution in [-0.2, 0) is 16.0 Å². The Bertz CT molecular complexity index is 585. The fourth-order valence-corrected chi connectivity index (χ4v) is 2.79. The second-order valence-electron chi connectivity index (χ2n) is 7.41. The van der Waals surface area contributed by atoms with E-state index in [0.29, 0.717) is 19.5 Å². The van der Waals surface area contributed by atoms with Gasteiger partial charge in [0.05, 0.1) is 6.42 Å². The Morgan fingerprint density at radius 1 is 1.21 bits per heavy atom. The van der Waals surface area contributed by atoms with E-state index in [1.54, 1.807) is 4.90 Å². The number of carbonyl (C=O) groups excluding carboxylic acids is 2. The van der Waals surface area contributed by atoms with Crippen molar-refractivity contribution in [3.05, 3.63) is 35.4 Å². The number of hydrogen-bond donors (Lipinski definition) is 1. The number of carbonyl (C=O) groups is 2. The van der Waals surface area contributed by atoms with Crippen molar-refractivity contribution in [2.75, 3.05) is 13.1 Å². The SMILES string of the molecule is Cc1ccccc1CC(=O)NC1CCN(C(=O)OC(C)(C)C)CC1. The van der Waals surface area contributed by atoms with Gasteiger partial charge < -0.3 is 15.0 Å². The molecule has 0 spiro atoms. The Labute approximate surface area is 144 Å². The third-order valence-corrected chi connectivity index (χ3v) is 4.12. The molecule has 0 aromatic heterocycles. The highest BCUT2D eigenvalue weighted by Crippen LogP contribution is 2.16. The number of nitrogens with one attached hydrogen (secondary N) is 1. The van der Waals surface area contributed by atoms with Gasteiger partial charge in [0.1, 0.15) is 5.60 Å². The molecular weight excluding hydrogens is 304 g/mol. The van der Waals surface area contributed by atoms with Gasteiger partial charge in [0.15, 0.2) is 0 Å². The molecule has 5 nitrogen and oxygen atoms in total. The molecule has 0 aliphatic carbocycles. The van der Waals surface area contributed by atoms with Crippen LogP contribution in [0.15, 0.2) is 24.3 Å². The Kier molecular flexibility index (Phi) is 5.86. The molecule has 0 atom stereocenters. The summed E-state index contributed by atoms with van der Waals surface area (Å²) in [5.41, 5.74) is 1.71. The van der Waals surface area contributed by atoms with E-state index in [9.17, 15) is 9.59 Å². The fourth-order valence-electron chi connectivity index (χ4n) is 2.79. The van der Waals surface area contributed by atoms with Crippen LogP contribution in [0.25, 0.3) is 0 Å². The van der Waals surface area contributed by atoms with Crippen LogP contribution in [-0.4, -0.2) is 41.6 Å². The molecule has 132 valence electrons. The lowest BCUT2D eigenvalue weighted by Gasteiger charge is -2.33. The second kappa shape index (κ2) is 7.69. The molecule has 2 amide bonds. The first-order chi connectivity index (χ1) is 11.2. The topological polar surface area (TPSA) is 58.6 Å².